The molecule has 0 atom stereocenters. The van der Waals surface area contributed by atoms with Gasteiger partial charge in [-0.3, -0.25) is 4.79 Å². The number of benzene rings is 1. The van der Waals surface area contributed by atoms with Gasteiger partial charge in [0.15, 0.2) is 5.13 Å². The van der Waals surface area contributed by atoms with Crippen molar-refractivity contribution >= 4 is 33.8 Å². The van der Waals surface area contributed by atoms with Gasteiger partial charge in [-0.25, -0.2) is 4.98 Å². The van der Waals surface area contributed by atoms with Crippen LogP contribution in [-0.4, -0.2) is 22.6 Å². The van der Waals surface area contributed by atoms with E-state index in [2.05, 4.69) is 37.3 Å². The summed E-state index contributed by atoms with van der Waals surface area (Å²) in [5.41, 5.74) is 3.23. The molecule has 0 aliphatic rings. The summed E-state index contributed by atoms with van der Waals surface area (Å²) in [5, 5.41) is 13.9. The van der Waals surface area contributed by atoms with E-state index in [4.69, 9.17) is 10.1 Å². The lowest BCUT2D eigenvalue weighted by Gasteiger charge is -2.20. The lowest BCUT2D eigenvalue weighted by molar-refractivity contribution is -0.136. The van der Waals surface area contributed by atoms with Crippen molar-refractivity contribution in [2.75, 3.05) is 11.4 Å². The molecular formula is C18H18N2O2S2. The molecule has 0 saturated heterocycles. The summed E-state index contributed by atoms with van der Waals surface area (Å²) in [6.45, 7) is 3.20. The smallest absolute Gasteiger partial charge is 0.305 e. The molecule has 1 aromatic carbocycles. The summed E-state index contributed by atoms with van der Waals surface area (Å²) in [4.78, 5) is 18.9. The zero-order valence-corrected chi connectivity index (χ0v) is 14.9. The molecule has 0 unspecified atom stereocenters. The Morgan fingerprint density at radius 2 is 2.00 bits per heavy atom. The van der Waals surface area contributed by atoms with Gasteiger partial charge >= 0.3 is 5.97 Å². The van der Waals surface area contributed by atoms with Crippen LogP contribution in [0.2, 0.25) is 0 Å². The van der Waals surface area contributed by atoms with E-state index in [9.17, 15) is 4.79 Å². The van der Waals surface area contributed by atoms with Gasteiger partial charge in [0.1, 0.15) is 0 Å². The highest BCUT2D eigenvalue weighted by Gasteiger charge is 2.14. The number of carboxylic acid groups (broad SMARTS) is 1. The molecule has 2 aromatic heterocycles. The monoisotopic (exact) mass is 358 g/mol. The average Bonchev–Trinajstić information content (AvgIpc) is 3.23. The third kappa shape index (κ3) is 4.21. The van der Waals surface area contributed by atoms with Crippen LogP contribution < -0.4 is 4.90 Å². The van der Waals surface area contributed by atoms with Crippen LogP contribution in [0.4, 0.5) is 5.13 Å². The second-order valence-electron chi connectivity index (χ2n) is 5.53. The predicted molar refractivity (Wildman–Crippen MR) is 99.9 cm³/mol. The molecule has 1 N–H and O–H groups in total. The van der Waals surface area contributed by atoms with Gasteiger partial charge in [0.05, 0.1) is 18.7 Å². The first-order valence-corrected chi connectivity index (χ1v) is 9.39. The van der Waals surface area contributed by atoms with Crippen molar-refractivity contribution < 1.29 is 9.90 Å². The molecule has 0 fully saturated rings. The van der Waals surface area contributed by atoms with Crippen LogP contribution in [0, 0.1) is 6.92 Å². The number of carbonyl (C=O) groups is 1. The highest BCUT2D eigenvalue weighted by atomic mass is 32.1. The Bertz CT molecular complexity index is 795. The van der Waals surface area contributed by atoms with Crippen LogP contribution >= 0.6 is 22.7 Å². The molecule has 24 heavy (non-hydrogen) atoms. The Morgan fingerprint density at radius 3 is 2.67 bits per heavy atom. The molecule has 4 nitrogen and oxygen atoms in total. The van der Waals surface area contributed by atoms with Gasteiger partial charge < -0.3 is 10.0 Å². The van der Waals surface area contributed by atoms with Gasteiger partial charge in [0, 0.05) is 22.4 Å². The predicted octanol–water partition coefficient (Wildman–Crippen LogP) is 4.66. The van der Waals surface area contributed by atoms with Gasteiger partial charge in [-0.2, -0.15) is 0 Å². The fraction of sp³-hybridized carbons (Fsp3) is 0.222. The number of anilines is 1. The molecule has 0 bridgehead atoms. The summed E-state index contributed by atoms with van der Waals surface area (Å²) in [5.74, 6) is -0.790. The van der Waals surface area contributed by atoms with Crippen molar-refractivity contribution in [2.45, 2.75) is 19.9 Å². The molecule has 6 heteroatoms. The van der Waals surface area contributed by atoms with E-state index < -0.39 is 5.97 Å². The van der Waals surface area contributed by atoms with Crippen molar-refractivity contribution in [1.29, 1.82) is 0 Å². The number of aliphatic carboxylic acids is 1. The first kappa shape index (κ1) is 16.7. The number of aromatic nitrogens is 1. The van der Waals surface area contributed by atoms with Crippen molar-refractivity contribution in [1.82, 2.24) is 4.98 Å². The van der Waals surface area contributed by atoms with Crippen LogP contribution in [0.15, 0.2) is 47.2 Å². The van der Waals surface area contributed by atoms with Gasteiger partial charge in [0.25, 0.3) is 0 Å². The summed E-state index contributed by atoms with van der Waals surface area (Å²) >= 11 is 3.23. The summed E-state index contributed by atoms with van der Waals surface area (Å²) in [6, 6.07) is 12.3. The number of hydrogen-bond donors (Lipinski definition) is 1. The third-order valence-electron chi connectivity index (χ3n) is 3.63. The normalized spacial score (nSPS) is 10.7. The molecule has 0 aliphatic carbocycles. The molecule has 0 saturated carbocycles. The van der Waals surface area contributed by atoms with Gasteiger partial charge in [0.2, 0.25) is 0 Å². The molecule has 3 aromatic rings. The number of carboxylic acids is 1. The maximum absolute atomic E-state index is 11.0. The number of thiophene rings is 1. The number of aryl methyl sites for hydroxylation is 1. The first-order valence-electron chi connectivity index (χ1n) is 7.63. The van der Waals surface area contributed by atoms with E-state index in [-0.39, 0.29) is 6.42 Å². The average molecular weight is 358 g/mol. The number of hydrogen-bond acceptors (Lipinski definition) is 5. The summed E-state index contributed by atoms with van der Waals surface area (Å²) < 4.78 is 0. The van der Waals surface area contributed by atoms with Crippen molar-refractivity contribution in [2.24, 2.45) is 0 Å². The van der Waals surface area contributed by atoms with Gasteiger partial charge in [-0.1, -0.05) is 35.9 Å². The molecule has 0 aliphatic heterocycles. The second-order valence-corrected chi connectivity index (χ2v) is 7.39. The Morgan fingerprint density at radius 1 is 1.21 bits per heavy atom. The van der Waals surface area contributed by atoms with E-state index in [1.165, 1.54) is 10.4 Å². The van der Waals surface area contributed by atoms with Crippen LogP contribution in [0.25, 0.3) is 11.3 Å². The molecule has 0 spiro atoms. The van der Waals surface area contributed by atoms with E-state index in [0.717, 1.165) is 16.4 Å². The molecule has 3 rings (SSSR count). The van der Waals surface area contributed by atoms with Crippen molar-refractivity contribution in [3.63, 3.8) is 0 Å². The number of nitrogens with zero attached hydrogens (tertiary/aromatic N) is 2. The third-order valence-corrected chi connectivity index (χ3v) is 5.39. The van der Waals surface area contributed by atoms with E-state index in [1.807, 2.05) is 21.7 Å². The molecular weight excluding hydrogens is 340 g/mol. The molecule has 0 amide bonds. The van der Waals surface area contributed by atoms with Crippen LogP contribution in [0.3, 0.4) is 0 Å². The fourth-order valence-corrected chi connectivity index (χ4v) is 3.91. The quantitative estimate of drug-likeness (QED) is 0.667. The summed E-state index contributed by atoms with van der Waals surface area (Å²) in [7, 11) is 0. The topological polar surface area (TPSA) is 53.4 Å². The zero-order valence-electron chi connectivity index (χ0n) is 13.3. The fourth-order valence-electron chi connectivity index (χ4n) is 2.33. The standard InChI is InChI=1S/C18H18N2O2S2/c1-13-4-6-14(7-5-13)16-12-24-18(19-16)20(9-8-17(21)22)11-15-3-2-10-23-15/h2-7,10,12H,8-9,11H2,1H3,(H,21,22). The highest BCUT2D eigenvalue weighted by molar-refractivity contribution is 7.14. The molecule has 0 radical (unpaired) electrons. The Kier molecular flexibility index (Phi) is 5.27. The lowest BCUT2D eigenvalue weighted by atomic mass is 10.1. The maximum atomic E-state index is 11.0. The SMILES string of the molecule is Cc1ccc(-c2csc(N(CCC(=O)O)Cc3cccs3)n2)cc1. The van der Waals surface area contributed by atoms with Gasteiger partial charge in [-0.05, 0) is 18.4 Å². The van der Waals surface area contributed by atoms with Crippen LogP contribution in [0.5, 0.6) is 0 Å². The van der Waals surface area contributed by atoms with E-state index >= 15 is 0 Å². The van der Waals surface area contributed by atoms with Crippen LogP contribution in [-0.2, 0) is 11.3 Å². The summed E-state index contributed by atoms with van der Waals surface area (Å²) in [6.07, 6.45) is 0.102. The Balaban J connectivity index is 1.81. The number of thiazole rings is 1. The Labute approximate surface area is 149 Å². The zero-order chi connectivity index (χ0) is 16.9. The van der Waals surface area contributed by atoms with E-state index in [1.54, 1.807) is 22.7 Å². The largest absolute Gasteiger partial charge is 0.481 e. The minimum absolute atomic E-state index is 0.102. The lowest BCUT2D eigenvalue weighted by Crippen LogP contribution is -2.25. The number of rotatable bonds is 7. The first-order chi connectivity index (χ1) is 11.6. The maximum Gasteiger partial charge on any atom is 0.305 e. The highest BCUT2D eigenvalue weighted by Crippen LogP contribution is 2.29. The minimum atomic E-state index is -0.790. The molecule has 124 valence electrons. The van der Waals surface area contributed by atoms with Crippen molar-refractivity contribution in [3.05, 3.63) is 57.6 Å². The second kappa shape index (κ2) is 7.59. The minimum Gasteiger partial charge on any atom is -0.481 e. The van der Waals surface area contributed by atoms with E-state index in [0.29, 0.717) is 13.1 Å². The Hall–Kier alpha value is -2.18. The molecule has 2 heterocycles. The van der Waals surface area contributed by atoms with Gasteiger partial charge in [-0.15, -0.1) is 22.7 Å². The van der Waals surface area contributed by atoms with Crippen molar-refractivity contribution in [3.8, 4) is 11.3 Å². The van der Waals surface area contributed by atoms with Crippen LogP contribution in [0.1, 0.15) is 16.9 Å².